The Bertz CT molecular complexity index is 440. The average molecular weight is 247 g/mol. The number of aromatic hydroxyl groups is 1. The molecule has 1 aliphatic heterocycles. The SMILES string of the molecule is CC(C)(C)c1cccc(C=NC2CCCO2)c1O. The maximum Gasteiger partial charge on any atom is 0.148 e. The minimum Gasteiger partial charge on any atom is -0.507 e. The van der Waals surface area contributed by atoms with Crippen LogP contribution in [0.2, 0.25) is 0 Å². The van der Waals surface area contributed by atoms with E-state index in [1.165, 1.54) is 0 Å². The number of ether oxygens (including phenoxy) is 1. The molecular formula is C15H21NO2. The number of hydrogen-bond donors (Lipinski definition) is 1. The molecule has 0 saturated carbocycles. The average Bonchev–Trinajstić information content (AvgIpc) is 2.79. The van der Waals surface area contributed by atoms with Gasteiger partial charge in [-0.1, -0.05) is 32.9 Å². The van der Waals surface area contributed by atoms with Crippen molar-refractivity contribution >= 4 is 6.21 Å². The number of hydrogen-bond acceptors (Lipinski definition) is 3. The molecule has 1 fully saturated rings. The van der Waals surface area contributed by atoms with Gasteiger partial charge in [0.1, 0.15) is 12.0 Å². The van der Waals surface area contributed by atoms with Gasteiger partial charge in [-0.05, 0) is 29.9 Å². The number of phenolic OH excluding ortho intramolecular Hbond substituents is 1. The molecular weight excluding hydrogens is 226 g/mol. The van der Waals surface area contributed by atoms with Crippen molar-refractivity contribution < 1.29 is 9.84 Å². The van der Waals surface area contributed by atoms with E-state index >= 15 is 0 Å². The number of phenols is 1. The molecule has 1 N–H and O–H groups in total. The van der Waals surface area contributed by atoms with Gasteiger partial charge in [-0.3, -0.25) is 4.99 Å². The zero-order valence-electron chi connectivity index (χ0n) is 11.3. The largest absolute Gasteiger partial charge is 0.507 e. The normalized spacial score (nSPS) is 20.7. The molecule has 0 spiro atoms. The number of nitrogens with zero attached hydrogens (tertiary/aromatic N) is 1. The van der Waals surface area contributed by atoms with Gasteiger partial charge in [0.15, 0.2) is 0 Å². The van der Waals surface area contributed by atoms with E-state index in [0.717, 1.165) is 30.6 Å². The number of benzene rings is 1. The molecule has 3 heteroatoms. The fourth-order valence-electron chi connectivity index (χ4n) is 2.11. The second kappa shape index (κ2) is 5.11. The molecule has 0 amide bonds. The fourth-order valence-corrected chi connectivity index (χ4v) is 2.11. The summed E-state index contributed by atoms with van der Waals surface area (Å²) in [6.45, 7) is 7.05. The van der Waals surface area contributed by atoms with Gasteiger partial charge in [0.05, 0.1) is 0 Å². The predicted molar refractivity (Wildman–Crippen MR) is 73.4 cm³/mol. The lowest BCUT2D eigenvalue weighted by atomic mass is 9.85. The quantitative estimate of drug-likeness (QED) is 0.815. The number of para-hydroxylation sites is 1. The van der Waals surface area contributed by atoms with Crippen molar-refractivity contribution in [2.75, 3.05) is 6.61 Å². The minimum absolute atomic E-state index is 0.0392. The Kier molecular flexibility index (Phi) is 3.71. The second-order valence-electron chi connectivity index (χ2n) is 5.74. The van der Waals surface area contributed by atoms with Crippen molar-refractivity contribution in [3.8, 4) is 5.75 Å². The Morgan fingerprint density at radius 3 is 2.78 bits per heavy atom. The molecule has 3 nitrogen and oxygen atoms in total. The third-order valence-corrected chi connectivity index (χ3v) is 3.16. The van der Waals surface area contributed by atoms with Crippen LogP contribution >= 0.6 is 0 Å². The van der Waals surface area contributed by atoms with Crippen LogP contribution in [0.25, 0.3) is 0 Å². The van der Waals surface area contributed by atoms with Crippen LogP contribution in [0.15, 0.2) is 23.2 Å². The van der Waals surface area contributed by atoms with E-state index in [4.69, 9.17) is 4.74 Å². The Labute approximate surface area is 109 Å². The van der Waals surface area contributed by atoms with Crippen LogP contribution in [0.4, 0.5) is 0 Å². The molecule has 98 valence electrons. The lowest BCUT2D eigenvalue weighted by molar-refractivity contribution is 0.118. The van der Waals surface area contributed by atoms with Gasteiger partial charge in [0, 0.05) is 18.4 Å². The van der Waals surface area contributed by atoms with E-state index in [1.54, 1.807) is 6.21 Å². The van der Waals surface area contributed by atoms with E-state index in [2.05, 4.69) is 25.8 Å². The van der Waals surface area contributed by atoms with Crippen LogP contribution in [-0.4, -0.2) is 24.2 Å². The van der Waals surface area contributed by atoms with Crippen LogP contribution in [0, 0.1) is 0 Å². The molecule has 1 atom stereocenters. The highest BCUT2D eigenvalue weighted by atomic mass is 16.5. The predicted octanol–water partition coefficient (Wildman–Crippen LogP) is 3.25. The highest BCUT2D eigenvalue weighted by Crippen LogP contribution is 2.32. The summed E-state index contributed by atoms with van der Waals surface area (Å²) >= 11 is 0. The van der Waals surface area contributed by atoms with Gasteiger partial charge < -0.3 is 9.84 Å². The van der Waals surface area contributed by atoms with E-state index in [9.17, 15) is 5.11 Å². The van der Waals surface area contributed by atoms with Crippen molar-refractivity contribution in [1.82, 2.24) is 0 Å². The van der Waals surface area contributed by atoms with E-state index in [0.29, 0.717) is 5.75 Å². The van der Waals surface area contributed by atoms with Gasteiger partial charge in [0.25, 0.3) is 0 Å². The van der Waals surface area contributed by atoms with Crippen molar-refractivity contribution in [2.24, 2.45) is 4.99 Å². The van der Waals surface area contributed by atoms with E-state index < -0.39 is 0 Å². The Balaban J connectivity index is 2.23. The Hall–Kier alpha value is -1.35. The molecule has 2 rings (SSSR count). The van der Waals surface area contributed by atoms with Crippen molar-refractivity contribution in [3.63, 3.8) is 0 Å². The lowest BCUT2D eigenvalue weighted by Gasteiger charge is -2.21. The number of rotatable bonds is 2. The zero-order valence-corrected chi connectivity index (χ0v) is 11.3. The van der Waals surface area contributed by atoms with Gasteiger partial charge in [0.2, 0.25) is 0 Å². The summed E-state index contributed by atoms with van der Waals surface area (Å²) in [6.07, 6.45) is 3.72. The summed E-state index contributed by atoms with van der Waals surface area (Å²) < 4.78 is 5.43. The van der Waals surface area contributed by atoms with Crippen molar-refractivity contribution in [2.45, 2.75) is 45.3 Å². The molecule has 1 saturated heterocycles. The smallest absolute Gasteiger partial charge is 0.148 e. The molecule has 0 radical (unpaired) electrons. The highest BCUT2D eigenvalue weighted by Gasteiger charge is 2.19. The summed E-state index contributed by atoms with van der Waals surface area (Å²) in [4.78, 5) is 4.37. The summed E-state index contributed by atoms with van der Waals surface area (Å²) in [7, 11) is 0. The molecule has 1 aromatic carbocycles. The first-order chi connectivity index (χ1) is 8.48. The van der Waals surface area contributed by atoms with Crippen LogP contribution < -0.4 is 0 Å². The van der Waals surface area contributed by atoms with Crippen molar-refractivity contribution in [3.05, 3.63) is 29.3 Å². The fraction of sp³-hybridized carbons (Fsp3) is 0.533. The third kappa shape index (κ3) is 2.91. The lowest BCUT2D eigenvalue weighted by Crippen LogP contribution is -2.12. The summed E-state index contributed by atoms with van der Waals surface area (Å²) in [5, 5.41) is 10.3. The van der Waals surface area contributed by atoms with Gasteiger partial charge in [-0.25, -0.2) is 0 Å². The minimum atomic E-state index is -0.0716. The van der Waals surface area contributed by atoms with E-state index in [-0.39, 0.29) is 11.6 Å². The molecule has 1 heterocycles. The van der Waals surface area contributed by atoms with Crippen molar-refractivity contribution in [1.29, 1.82) is 0 Å². The van der Waals surface area contributed by atoms with Gasteiger partial charge in [-0.2, -0.15) is 0 Å². The van der Waals surface area contributed by atoms with Crippen LogP contribution in [0.3, 0.4) is 0 Å². The third-order valence-electron chi connectivity index (χ3n) is 3.16. The van der Waals surface area contributed by atoms with Gasteiger partial charge in [-0.15, -0.1) is 0 Å². The Morgan fingerprint density at radius 1 is 1.39 bits per heavy atom. The Morgan fingerprint density at radius 2 is 2.17 bits per heavy atom. The first-order valence-electron chi connectivity index (χ1n) is 6.46. The standard InChI is InChI=1S/C15H21NO2/c1-15(2,3)12-7-4-6-11(14(12)17)10-16-13-8-5-9-18-13/h4,6-7,10,13,17H,5,8-9H2,1-3H3. The summed E-state index contributed by atoms with van der Waals surface area (Å²) in [5.41, 5.74) is 1.63. The van der Waals surface area contributed by atoms with Crippen LogP contribution in [-0.2, 0) is 10.2 Å². The second-order valence-corrected chi connectivity index (χ2v) is 5.74. The summed E-state index contributed by atoms with van der Waals surface area (Å²) in [6, 6.07) is 5.79. The monoisotopic (exact) mass is 247 g/mol. The first-order valence-corrected chi connectivity index (χ1v) is 6.46. The molecule has 0 bridgehead atoms. The molecule has 0 aliphatic carbocycles. The number of aliphatic imine (C=N–C) groups is 1. The first kappa shape index (κ1) is 13.1. The van der Waals surface area contributed by atoms with E-state index in [1.807, 2.05) is 18.2 Å². The molecule has 18 heavy (non-hydrogen) atoms. The highest BCUT2D eigenvalue weighted by molar-refractivity contribution is 5.84. The molecule has 0 aromatic heterocycles. The molecule has 1 aromatic rings. The molecule has 1 unspecified atom stereocenters. The topological polar surface area (TPSA) is 41.8 Å². The summed E-state index contributed by atoms with van der Waals surface area (Å²) in [5.74, 6) is 0.326. The van der Waals surface area contributed by atoms with Crippen LogP contribution in [0.5, 0.6) is 5.75 Å². The van der Waals surface area contributed by atoms with Gasteiger partial charge >= 0.3 is 0 Å². The van der Waals surface area contributed by atoms with Crippen LogP contribution in [0.1, 0.15) is 44.7 Å². The maximum absolute atomic E-state index is 10.3. The zero-order chi connectivity index (χ0) is 13.2. The maximum atomic E-state index is 10.3. The molecule has 1 aliphatic rings.